The third-order valence-corrected chi connectivity index (χ3v) is 4.36. The molecule has 0 saturated carbocycles. The van der Waals surface area contributed by atoms with Gasteiger partial charge in [-0.2, -0.15) is 0 Å². The highest BCUT2D eigenvalue weighted by Crippen LogP contribution is 2.44. The number of hydrogen-bond donors (Lipinski definition) is 2. The van der Waals surface area contributed by atoms with Crippen LogP contribution >= 0.6 is 0 Å². The summed E-state index contributed by atoms with van der Waals surface area (Å²) in [7, 11) is 0. The smallest absolute Gasteiger partial charge is 0.310 e. The molecule has 7 heteroatoms. The van der Waals surface area contributed by atoms with Crippen LogP contribution in [0.5, 0.6) is 0 Å². The molecular weight excluding hydrogens is 288 g/mol. The van der Waals surface area contributed by atoms with Gasteiger partial charge in [0.15, 0.2) is 5.82 Å². The summed E-state index contributed by atoms with van der Waals surface area (Å²) in [5, 5.41) is 15.8. The van der Waals surface area contributed by atoms with E-state index >= 15 is 0 Å². The molecule has 0 radical (unpaired) electrons. The molecule has 0 aromatic carbocycles. The predicted molar refractivity (Wildman–Crippen MR) is 76.3 cm³/mol. The van der Waals surface area contributed by atoms with Crippen molar-refractivity contribution in [3.05, 3.63) is 11.8 Å². The Morgan fingerprint density at radius 1 is 1.27 bits per heavy atom. The fourth-order valence-corrected chi connectivity index (χ4v) is 3.22. The van der Waals surface area contributed by atoms with Crippen LogP contribution < -0.4 is 5.32 Å². The summed E-state index contributed by atoms with van der Waals surface area (Å²) in [6.07, 6.45) is 0.739. The number of carboxylic acid groups (broad SMARTS) is 1. The number of rotatable bonds is 3. The van der Waals surface area contributed by atoms with Crippen molar-refractivity contribution < 1.29 is 24.0 Å². The lowest BCUT2D eigenvalue weighted by Crippen LogP contribution is -2.41. The van der Waals surface area contributed by atoms with E-state index in [0.29, 0.717) is 18.0 Å². The highest BCUT2D eigenvalue weighted by molar-refractivity contribution is 5.95. The van der Waals surface area contributed by atoms with Crippen molar-refractivity contribution in [2.24, 2.45) is 11.8 Å². The maximum absolute atomic E-state index is 12.4. The van der Waals surface area contributed by atoms with Crippen LogP contribution in [0, 0.1) is 11.8 Å². The SMILES string of the molecule is CC(C)(C)c1cc(NC(=O)[C@H]2[C@@H](C(=O)O)[C@@H]3CC[C@H]2O3)no1. The second-order valence-electron chi connectivity index (χ2n) is 7.00. The van der Waals surface area contributed by atoms with Gasteiger partial charge in [-0.3, -0.25) is 9.59 Å². The van der Waals surface area contributed by atoms with Crippen molar-refractivity contribution in [2.45, 2.75) is 51.2 Å². The first-order chi connectivity index (χ1) is 10.3. The zero-order valence-corrected chi connectivity index (χ0v) is 12.8. The number of aromatic nitrogens is 1. The molecule has 3 heterocycles. The maximum atomic E-state index is 12.4. The van der Waals surface area contributed by atoms with Gasteiger partial charge in [-0.1, -0.05) is 25.9 Å². The Morgan fingerprint density at radius 3 is 2.45 bits per heavy atom. The van der Waals surface area contributed by atoms with Crippen molar-refractivity contribution in [3.8, 4) is 0 Å². The average molecular weight is 308 g/mol. The molecule has 120 valence electrons. The van der Waals surface area contributed by atoms with E-state index < -0.39 is 17.8 Å². The van der Waals surface area contributed by atoms with Gasteiger partial charge in [-0.25, -0.2) is 0 Å². The Bertz CT molecular complexity index is 603. The van der Waals surface area contributed by atoms with Crippen LogP contribution in [0.4, 0.5) is 5.82 Å². The van der Waals surface area contributed by atoms with Gasteiger partial charge in [-0.15, -0.1) is 0 Å². The van der Waals surface area contributed by atoms with Crippen molar-refractivity contribution in [1.29, 1.82) is 0 Å². The second-order valence-corrected chi connectivity index (χ2v) is 7.00. The molecule has 0 aliphatic carbocycles. The molecule has 0 unspecified atom stereocenters. The van der Waals surface area contributed by atoms with Gasteiger partial charge in [0.2, 0.25) is 5.91 Å². The molecule has 1 amide bonds. The summed E-state index contributed by atoms with van der Waals surface area (Å²) in [6.45, 7) is 5.93. The van der Waals surface area contributed by atoms with Crippen molar-refractivity contribution in [2.75, 3.05) is 5.32 Å². The first kappa shape index (κ1) is 15.0. The van der Waals surface area contributed by atoms with Crippen LogP contribution in [0.25, 0.3) is 0 Å². The predicted octanol–water partition coefficient (Wildman–Crippen LogP) is 1.79. The monoisotopic (exact) mass is 308 g/mol. The minimum Gasteiger partial charge on any atom is -0.481 e. The number of aliphatic carboxylic acids is 1. The average Bonchev–Trinajstić information content (AvgIpc) is 3.11. The largest absolute Gasteiger partial charge is 0.481 e. The number of carbonyl (C=O) groups is 2. The number of hydrogen-bond acceptors (Lipinski definition) is 5. The standard InChI is InChI=1S/C15H20N2O5/c1-15(2,3)9-6-10(17-22-9)16-13(18)11-7-4-5-8(21-7)12(11)14(19)20/h6-8,11-12H,4-5H2,1-3H3,(H,19,20)(H,16,17,18)/t7-,8+,11-,12+/m1/s1. The van der Waals surface area contributed by atoms with E-state index in [1.165, 1.54) is 0 Å². The molecule has 7 nitrogen and oxygen atoms in total. The van der Waals surface area contributed by atoms with Gasteiger partial charge in [0, 0.05) is 11.5 Å². The van der Waals surface area contributed by atoms with Gasteiger partial charge in [-0.05, 0) is 12.8 Å². The highest BCUT2D eigenvalue weighted by Gasteiger charge is 2.55. The van der Waals surface area contributed by atoms with Gasteiger partial charge in [0.1, 0.15) is 5.76 Å². The van der Waals surface area contributed by atoms with E-state index in [4.69, 9.17) is 9.26 Å². The third kappa shape index (κ3) is 2.49. The number of anilines is 1. The van der Waals surface area contributed by atoms with E-state index in [1.807, 2.05) is 20.8 Å². The topological polar surface area (TPSA) is 102 Å². The van der Waals surface area contributed by atoms with Crippen LogP contribution in [0.1, 0.15) is 39.4 Å². The first-order valence-electron chi connectivity index (χ1n) is 7.43. The maximum Gasteiger partial charge on any atom is 0.310 e. The molecule has 4 atom stereocenters. The van der Waals surface area contributed by atoms with Crippen molar-refractivity contribution >= 4 is 17.7 Å². The normalized spacial score (nSPS) is 30.5. The van der Waals surface area contributed by atoms with Gasteiger partial charge in [0.25, 0.3) is 0 Å². The molecular formula is C15H20N2O5. The molecule has 2 fully saturated rings. The van der Waals surface area contributed by atoms with Crippen LogP contribution in [-0.4, -0.2) is 34.3 Å². The van der Waals surface area contributed by atoms with Crippen LogP contribution in [0.15, 0.2) is 10.6 Å². The molecule has 2 aliphatic heterocycles. The molecule has 1 aromatic heterocycles. The van der Waals surface area contributed by atoms with Gasteiger partial charge >= 0.3 is 5.97 Å². The minimum atomic E-state index is -0.983. The minimum absolute atomic E-state index is 0.213. The van der Waals surface area contributed by atoms with E-state index in [-0.39, 0.29) is 23.5 Å². The zero-order chi connectivity index (χ0) is 16.1. The lowest BCUT2D eigenvalue weighted by molar-refractivity contribution is -0.147. The number of amides is 1. The van der Waals surface area contributed by atoms with Gasteiger partial charge < -0.3 is 19.7 Å². The van der Waals surface area contributed by atoms with Crippen molar-refractivity contribution in [3.63, 3.8) is 0 Å². The number of carboxylic acids is 1. The Morgan fingerprint density at radius 2 is 1.91 bits per heavy atom. The molecule has 2 saturated heterocycles. The number of ether oxygens (including phenoxy) is 1. The fraction of sp³-hybridized carbons (Fsp3) is 0.667. The van der Waals surface area contributed by atoms with Crippen molar-refractivity contribution in [1.82, 2.24) is 5.16 Å². The quantitative estimate of drug-likeness (QED) is 0.882. The number of carbonyl (C=O) groups excluding carboxylic acids is 1. The van der Waals surface area contributed by atoms with E-state index in [2.05, 4.69) is 10.5 Å². The Hall–Kier alpha value is -1.89. The summed E-state index contributed by atoms with van der Waals surface area (Å²) in [6, 6.07) is 1.67. The molecule has 2 N–H and O–H groups in total. The summed E-state index contributed by atoms with van der Waals surface area (Å²) in [4.78, 5) is 23.8. The molecule has 22 heavy (non-hydrogen) atoms. The van der Waals surface area contributed by atoms with E-state index in [1.54, 1.807) is 6.07 Å². The summed E-state index contributed by atoms with van der Waals surface area (Å²) < 4.78 is 10.8. The number of nitrogens with zero attached hydrogens (tertiary/aromatic N) is 1. The Balaban J connectivity index is 1.74. The zero-order valence-electron chi connectivity index (χ0n) is 12.8. The van der Waals surface area contributed by atoms with Gasteiger partial charge in [0.05, 0.1) is 24.0 Å². The summed E-state index contributed by atoms with van der Waals surface area (Å²) in [5.41, 5.74) is -0.213. The van der Waals surface area contributed by atoms with E-state index in [9.17, 15) is 14.7 Å². The lowest BCUT2D eigenvalue weighted by atomic mass is 9.79. The number of nitrogens with one attached hydrogen (secondary N) is 1. The lowest BCUT2D eigenvalue weighted by Gasteiger charge is -2.23. The second kappa shape index (κ2) is 5.08. The molecule has 1 aromatic rings. The number of fused-ring (bicyclic) bond motifs is 2. The van der Waals surface area contributed by atoms with Crippen LogP contribution in [-0.2, 0) is 19.7 Å². The summed E-state index contributed by atoms with van der Waals surface area (Å²) in [5.74, 6) is -1.85. The molecule has 3 rings (SSSR count). The molecule has 2 aliphatic rings. The highest BCUT2D eigenvalue weighted by atomic mass is 16.5. The first-order valence-corrected chi connectivity index (χ1v) is 7.43. The Labute approximate surface area is 128 Å². The molecule has 2 bridgehead atoms. The van der Waals surface area contributed by atoms with Crippen LogP contribution in [0.3, 0.4) is 0 Å². The fourth-order valence-electron chi connectivity index (χ4n) is 3.22. The van der Waals surface area contributed by atoms with E-state index in [0.717, 1.165) is 6.42 Å². The summed E-state index contributed by atoms with van der Waals surface area (Å²) >= 11 is 0. The van der Waals surface area contributed by atoms with Crippen LogP contribution in [0.2, 0.25) is 0 Å². The Kier molecular flexibility index (Phi) is 3.47. The third-order valence-electron chi connectivity index (χ3n) is 4.36. The molecule has 0 spiro atoms.